The third kappa shape index (κ3) is 3.34. The predicted octanol–water partition coefficient (Wildman–Crippen LogP) is 5.63. The Morgan fingerprint density at radius 1 is 0.931 bits per heavy atom. The minimum atomic E-state index is -0.655. The van der Waals surface area contributed by atoms with Crippen molar-refractivity contribution in [3.05, 3.63) is 80.9 Å². The van der Waals surface area contributed by atoms with E-state index in [9.17, 15) is 4.79 Å². The van der Waals surface area contributed by atoms with Crippen LogP contribution in [-0.2, 0) is 12.8 Å². The van der Waals surface area contributed by atoms with E-state index in [1.54, 1.807) is 0 Å². The van der Waals surface area contributed by atoms with Gasteiger partial charge >= 0.3 is 5.76 Å². The molecule has 2 aromatic heterocycles. The molecule has 0 fully saturated rings. The summed E-state index contributed by atoms with van der Waals surface area (Å²) >= 11 is 3.70. The number of anilines is 2. The Morgan fingerprint density at radius 2 is 1.69 bits per heavy atom. The number of nitrogens with one attached hydrogen (secondary N) is 1. The molecule has 0 spiro atoms. The monoisotopic (exact) mass is 447 g/mol. The second-order valence-corrected chi connectivity index (χ2v) is 7.95. The molecule has 1 aliphatic carbocycles. The third-order valence-electron chi connectivity index (χ3n) is 5.24. The molecule has 5 rings (SSSR count). The molecule has 2 aromatic carbocycles. The van der Waals surface area contributed by atoms with Gasteiger partial charge in [-0.3, -0.25) is 0 Å². The van der Waals surface area contributed by atoms with Gasteiger partial charge < -0.3 is 9.73 Å². The molecule has 29 heavy (non-hydrogen) atoms. The van der Waals surface area contributed by atoms with Crippen molar-refractivity contribution in [2.45, 2.75) is 25.7 Å². The van der Waals surface area contributed by atoms with Crippen molar-refractivity contribution in [3.8, 4) is 11.1 Å². The first-order chi connectivity index (χ1) is 14.2. The van der Waals surface area contributed by atoms with Crippen LogP contribution in [0.15, 0.2) is 68.3 Å². The molecule has 0 saturated carbocycles. The summed E-state index contributed by atoms with van der Waals surface area (Å²) < 4.78 is 6.46. The van der Waals surface area contributed by atoms with Crippen LogP contribution in [0.4, 0.5) is 11.5 Å². The quantitative estimate of drug-likeness (QED) is 0.440. The lowest BCUT2D eigenvalue weighted by atomic mass is 9.87. The smallest absolute Gasteiger partial charge is 0.389 e. The standard InChI is InChI=1S/C23H18BrN3O2/c24-17-12-6-4-10-15(17)19-16-11-5-7-13-18(16)26-22-20(19)21(27-23(28)29-22)25-14-8-2-1-3-9-14/h1-4,6,8-10,12H,5,7,11,13H2,(H,25,27,28). The minimum Gasteiger partial charge on any atom is -0.389 e. The summed E-state index contributed by atoms with van der Waals surface area (Å²) in [6, 6.07) is 17.8. The van der Waals surface area contributed by atoms with Gasteiger partial charge in [0.1, 0.15) is 0 Å². The Kier molecular flexibility index (Phi) is 4.64. The molecule has 5 nitrogen and oxygen atoms in total. The third-order valence-corrected chi connectivity index (χ3v) is 5.94. The fourth-order valence-corrected chi connectivity index (χ4v) is 4.46. The van der Waals surface area contributed by atoms with Gasteiger partial charge in [-0.05, 0) is 55.0 Å². The lowest BCUT2D eigenvalue weighted by Gasteiger charge is -2.22. The van der Waals surface area contributed by atoms with E-state index in [1.165, 1.54) is 5.56 Å². The second-order valence-electron chi connectivity index (χ2n) is 7.10. The van der Waals surface area contributed by atoms with Crippen LogP contribution >= 0.6 is 15.9 Å². The lowest BCUT2D eigenvalue weighted by Crippen LogP contribution is -2.13. The van der Waals surface area contributed by atoms with Gasteiger partial charge in [-0.1, -0.05) is 52.3 Å². The number of para-hydroxylation sites is 1. The van der Waals surface area contributed by atoms with Gasteiger partial charge in [-0.2, -0.15) is 4.98 Å². The number of benzene rings is 2. The normalized spacial score (nSPS) is 13.3. The van der Waals surface area contributed by atoms with Gasteiger partial charge in [0.25, 0.3) is 0 Å². The van der Waals surface area contributed by atoms with Crippen LogP contribution < -0.4 is 11.1 Å². The highest BCUT2D eigenvalue weighted by Crippen LogP contribution is 2.41. The zero-order valence-corrected chi connectivity index (χ0v) is 17.2. The van der Waals surface area contributed by atoms with Crippen molar-refractivity contribution < 1.29 is 4.42 Å². The molecule has 144 valence electrons. The number of aromatic nitrogens is 2. The molecule has 0 radical (unpaired) electrons. The van der Waals surface area contributed by atoms with Crippen molar-refractivity contribution >= 4 is 38.5 Å². The zero-order chi connectivity index (χ0) is 19.8. The van der Waals surface area contributed by atoms with E-state index in [2.05, 4.69) is 32.3 Å². The second kappa shape index (κ2) is 7.44. The summed E-state index contributed by atoms with van der Waals surface area (Å²) in [6.45, 7) is 0. The summed E-state index contributed by atoms with van der Waals surface area (Å²) in [5.41, 5.74) is 5.48. The summed E-state index contributed by atoms with van der Waals surface area (Å²) in [5.74, 6) is -0.189. The first kappa shape index (κ1) is 18.1. The highest BCUT2D eigenvalue weighted by molar-refractivity contribution is 9.10. The maximum absolute atomic E-state index is 12.2. The molecule has 0 unspecified atom stereocenters. The topological polar surface area (TPSA) is 68.0 Å². The van der Waals surface area contributed by atoms with E-state index in [4.69, 9.17) is 9.40 Å². The molecule has 0 bridgehead atoms. The number of fused-ring (bicyclic) bond motifs is 2. The fourth-order valence-electron chi connectivity index (χ4n) is 3.97. The molecule has 6 heteroatoms. The highest BCUT2D eigenvalue weighted by Gasteiger charge is 2.24. The minimum absolute atomic E-state index is 0.329. The zero-order valence-electron chi connectivity index (χ0n) is 15.6. The van der Waals surface area contributed by atoms with Gasteiger partial charge in [0.05, 0.1) is 5.39 Å². The van der Waals surface area contributed by atoms with Gasteiger partial charge in [-0.15, -0.1) is 0 Å². The van der Waals surface area contributed by atoms with E-state index in [1.807, 2.05) is 48.5 Å². The molecule has 1 N–H and O–H groups in total. The van der Waals surface area contributed by atoms with Crippen molar-refractivity contribution in [1.82, 2.24) is 9.97 Å². The Morgan fingerprint density at radius 3 is 2.52 bits per heavy atom. The first-order valence-corrected chi connectivity index (χ1v) is 10.4. The molecule has 4 aromatic rings. The molecular formula is C23H18BrN3O2. The number of aryl methyl sites for hydroxylation is 1. The molecule has 1 aliphatic rings. The number of halogens is 1. The molecule has 0 aliphatic heterocycles. The van der Waals surface area contributed by atoms with Crippen LogP contribution in [0.5, 0.6) is 0 Å². The molecule has 2 heterocycles. The number of rotatable bonds is 3. The van der Waals surface area contributed by atoms with Crippen LogP contribution in [0.2, 0.25) is 0 Å². The predicted molar refractivity (Wildman–Crippen MR) is 118 cm³/mol. The maximum atomic E-state index is 12.2. The average Bonchev–Trinajstić information content (AvgIpc) is 2.73. The van der Waals surface area contributed by atoms with Crippen LogP contribution in [-0.4, -0.2) is 9.97 Å². The largest absolute Gasteiger partial charge is 0.442 e. The van der Waals surface area contributed by atoms with E-state index >= 15 is 0 Å². The number of nitrogens with zero attached hydrogens (tertiary/aromatic N) is 2. The van der Waals surface area contributed by atoms with Crippen LogP contribution in [0.25, 0.3) is 22.2 Å². The lowest BCUT2D eigenvalue weighted by molar-refractivity contribution is 0.519. The van der Waals surface area contributed by atoms with Crippen LogP contribution in [0, 0.1) is 0 Å². The molecule has 0 amide bonds. The average molecular weight is 448 g/mol. The number of hydrogen-bond acceptors (Lipinski definition) is 5. The molecule has 0 atom stereocenters. The summed E-state index contributed by atoms with van der Waals surface area (Å²) in [7, 11) is 0. The van der Waals surface area contributed by atoms with Crippen LogP contribution in [0.1, 0.15) is 24.1 Å². The van der Waals surface area contributed by atoms with Gasteiger partial charge in [0.15, 0.2) is 5.82 Å². The SMILES string of the molecule is O=c1nc(Nc2ccccc2)c2c(-c3ccccc3Br)c3c(nc2o1)CCCC3. The molecular weight excluding hydrogens is 430 g/mol. The van der Waals surface area contributed by atoms with Gasteiger partial charge in [0.2, 0.25) is 5.71 Å². The summed E-state index contributed by atoms with van der Waals surface area (Å²) in [5, 5.41) is 4.03. The highest BCUT2D eigenvalue weighted by atomic mass is 79.9. The Bertz CT molecular complexity index is 1270. The maximum Gasteiger partial charge on any atom is 0.442 e. The fraction of sp³-hybridized carbons (Fsp3) is 0.174. The van der Waals surface area contributed by atoms with E-state index in [0.717, 1.165) is 58.1 Å². The van der Waals surface area contributed by atoms with Crippen molar-refractivity contribution in [3.63, 3.8) is 0 Å². The van der Waals surface area contributed by atoms with Gasteiger partial charge in [0, 0.05) is 21.4 Å². The van der Waals surface area contributed by atoms with Crippen molar-refractivity contribution in [2.75, 3.05) is 5.32 Å². The molecule has 0 saturated heterocycles. The van der Waals surface area contributed by atoms with E-state index in [-0.39, 0.29) is 0 Å². The van der Waals surface area contributed by atoms with Crippen molar-refractivity contribution in [1.29, 1.82) is 0 Å². The Balaban J connectivity index is 1.87. The summed E-state index contributed by atoms with van der Waals surface area (Å²) in [6.07, 6.45) is 4.03. The Labute approximate surface area is 176 Å². The number of pyridine rings is 1. The summed E-state index contributed by atoms with van der Waals surface area (Å²) in [4.78, 5) is 21.1. The Hall–Kier alpha value is -2.99. The van der Waals surface area contributed by atoms with Gasteiger partial charge in [-0.25, -0.2) is 9.78 Å². The van der Waals surface area contributed by atoms with Crippen molar-refractivity contribution in [2.24, 2.45) is 0 Å². The first-order valence-electron chi connectivity index (χ1n) is 9.64. The van der Waals surface area contributed by atoms with E-state index in [0.29, 0.717) is 11.5 Å². The van der Waals surface area contributed by atoms with E-state index < -0.39 is 5.76 Å². The van der Waals surface area contributed by atoms with Crippen LogP contribution in [0.3, 0.4) is 0 Å². The number of hydrogen-bond donors (Lipinski definition) is 1.